The van der Waals surface area contributed by atoms with Crippen LogP contribution < -0.4 is 0 Å². The van der Waals surface area contributed by atoms with E-state index < -0.39 is 11.6 Å². The molecule has 2 aliphatic carbocycles. The standard InChI is InChI=1S/C19H17BrO3/c1-9-13-15(21)16(22)14-10-5-4-8-19(2,3)12(10)7-6-11(14)17(13)23-18(9)20/h6-7H,4-5,8H2,1-3H3. The van der Waals surface area contributed by atoms with E-state index in [1.807, 2.05) is 6.07 Å². The zero-order chi connectivity index (χ0) is 16.5. The van der Waals surface area contributed by atoms with Gasteiger partial charge in [0, 0.05) is 16.7 Å². The van der Waals surface area contributed by atoms with Crippen molar-refractivity contribution in [2.75, 3.05) is 0 Å². The van der Waals surface area contributed by atoms with Gasteiger partial charge in [0.1, 0.15) is 5.76 Å². The lowest BCUT2D eigenvalue weighted by Gasteiger charge is -2.34. The van der Waals surface area contributed by atoms with Gasteiger partial charge >= 0.3 is 0 Å². The third-order valence-electron chi connectivity index (χ3n) is 5.26. The third kappa shape index (κ3) is 1.87. The van der Waals surface area contributed by atoms with Gasteiger partial charge in [-0.25, -0.2) is 0 Å². The molecule has 0 bridgehead atoms. The molecule has 118 valence electrons. The maximum Gasteiger partial charge on any atom is 0.237 e. The van der Waals surface area contributed by atoms with Crippen molar-refractivity contribution in [1.82, 2.24) is 0 Å². The quantitative estimate of drug-likeness (QED) is 0.610. The molecule has 0 fully saturated rings. The van der Waals surface area contributed by atoms with Gasteiger partial charge in [-0.3, -0.25) is 9.59 Å². The van der Waals surface area contributed by atoms with Gasteiger partial charge in [0.25, 0.3) is 0 Å². The Bertz CT molecular complexity index is 887. The van der Waals surface area contributed by atoms with Gasteiger partial charge in [-0.1, -0.05) is 26.0 Å². The number of furan rings is 1. The molecule has 4 heteroatoms. The summed E-state index contributed by atoms with van der Waals surface area (Å²) in [5.74, 6) is -0.310. The number of ketones is 2. The monoisotopic (exact) mass is 372 g/mol. The van der Waals surface area contributed by atoms with Gasteiger partial charge < -0.3 is 4.42 Å². The molecule has 0 N–H and O–H groups in total. The van der Waals surface area contributed by atoms with Crippen molar-refractivity contribution in [1.29, 1.82) is 0 Å². The minimum Gasteiger partial charge on any atom is -0.448 e. The summed E-state index contributed by atoms with van der Waals surface area (Å²) in [5.41, 5.74) is 4.68. The summed E-state index contributed by atoms with van der Waals surface area (Å²) in [5, 5.41) is 0. The van der Waals surface area contributed by atoms with E-state index in [0.717, 1.165) is 30.4 Å². The Kier molecular flexibility index (Phi) is 3.02. The molecule has 0 spiro atoms. The number of rotatable bonds is 0. The van der Waals surface area contributed by atoms with E-state index >= 15 is 0 Å². The highest BCUT2D eigenvalue weighted by molar-refractivity contribution is 9.10. The molecule has 0 radical (unpaired) electrons. The average Bonchev–Trinajstić information content (AvgIpc) is 2.79. The molecular weight excluding hydrogens is 356 g/mol. The summed E-state index contributed by atoms with van der Waals surface area (Å²) < 4.78 is 6.29. The Morgan fingerprint density at radius 1 is 1.13 bits per heavy atom. The van der Waals surface area contributed by atoms with Crippen LogP contribution in [0.2, 0.25) is 0 Å². The van der Waals surface area contributed by atoms with Crippen molar-refractivity contribution in [3.8, 4) is 11.3 Å². The Morgan fingerprint density at radius 3 is 2.57 bits per heavy atom. The van der Waals surface area contributed by atoms with E-state index in [-0.39, 0.29) is 5.41 Å². The molecular formula is C19H17BrO3. The molecule has 0 aliphatic heterocycles. The van der Waals surface area contributed by atoms with Crippen LogP contribution >= 0.6 is 15.9 Å². The first kappa shape index (κ1) is 14.9. The highest BCUT2D eigenvalue weighted by atomic mass is 79.9. The van der Waals surface area contributed by atoms with Crippen LogP contribution in [0.25, 0.3) is 11.3 Å². The maximum absolute atomic E-state index is 12.8. The van der Waals surface area contributed by atoms with Crippen LogP contribution in [0.3, 0.4) is 0 Å². The second-order valence-corrected chi connectivity index (χ2v) is 7.84. The predicted molar refractivity (Wildman–Crippen MR) is 91.2 cm³/mol. The van der Waals surface area contributed by atoms with E-state index in [9.17, 15) is 9.59 Å². The fourth-order valence-corrected chi connectivity index (χ4v) is 4.37. The third-order valence-corrected chi connectivity index (χ3v) is 6.02. The normalized spacial score (nSPS) is 18.4. The predicted octanol–water partition coefficient (Wildman–Crippen LogP) is 5.01. The summed E-state index contributed by atoms with van der Waals surface area (Å²) in [6.45, 7) is 6.20. The number of Topliss-reactive ketones (excluding diaryl/α,β-unsaturated/α-hetero) is 2. The largest absolute Gasteiger partial charge is 0.448 e. The number of carbonyl (C=O) groups is 2. The minimum absolute atomic E-state index is 0.0336. The number of hydrogen-bond donors (Lipinski definition) is 0. The van der Waals surface area contributed by atoms with Crippen LogP contribution in [-0.2, 0) is 11.8 Å². The number of fused-ring (bicyclic) bond motifs is 5. The molecule has 0 saturated carbocycles. The first-order valence-electron chi connectivity index (χ1n) is 7.87. The summed E-state index contributed by atoms with van der Waals surface area (Å²) >= 11 is 3.34. The smallest absolute Gasteiger partial charge is 0.237 e. The molecule has 1 heterocycles. The van der Waals surface area contributed by atoms with E-state index in [1.165, 1.54) is 5.56 Å². The first-order valence-corrected chi connectivity index (χ1v) is 8.67. The fourth-order valence-electron chi connectivity index (χ4n) is 4.01. The van der Waals surface area contributed by atoms with Gasteiger partial charge in [0.15, 0.2) is 4.67 Å². The Balaban J connectivity index is 2.08. The van der Waals surface area contributed by atoms with Crippen LogP contribution in [0, 0.1) is 6.92 Å². The van der Waals surface area contributed by atoms with E-state index in [1.54, 1.807) is 6.92 Å². The average molecular weight is 373 g/mol. The molecule has 0 atom stereocenters. The summed E-state index contributed by atoms with van der Waals surface area (Å²) in [7, 11) is 0. The zero-order valence-electron chi connectivity index (χ0n) is 13.4. The molecule has 23 heavy (non-hydrogen) atoms. The lowest BCUT2D eigenvalue weighted by molar-refractivity contribution is 0.0813. The summed E-state index contributed by atoms with van der Waals surface area (Å²) in [6.07, 6.45) is 2.97. The second-order valence-electron chi connectivity index (χ2n) is 7.11. The van der Waals surface area contributed by atoms with Crippen LogP contribution in [0.15, 0.2) is 21.2 Å². The SMILES string of the molecule is Cc1c(Br)oc2c1C(=O)C(=O)c1c-2ccc2c1CCCC2(C)C. The molecule has 2 aromatic rings. The van der Waals surface area contributed by atoms with Crippen molar-refractivity contribution >= 4 is 27.5 Å². The molecule has 2 aliphatic rings. The zero-order valence-corrected chi connectivity index (χ0v) is 15.0. The first-order chi connectivity index (χ1) is 10.8. The van der Waals surface area contributed by atoms with Gasteiger partial charge in [-0.2, -0.15) is 0 Å². The molecule has 4 rings (SSSR count). The van der Waals surface area contributed by atoms with Crippen LogP contribution in [0.1, 0.15) is 64.1 Å². The van der Waals surface area contributed by atoms with Gasteiger partial charge in [0.2, 0.25) is 11.6 Å². The number of halogens is 1. The summed E-state index contributed by atoms with van der Waals surface area (Å²) in [4.78, 5) is 25.4. The Morgan fingerprint density at radius 2 is 1.83 bits per heavy atom. The lowest BCUT2D eigenvalue weighted by atomic mass is 9.69. The Labute approximate surface area is 143 Å². The second kappa shape index (κ2) is 4.67. The summed E-state index contributed by atoms with van der Waals surface area (Å²) in [6, 6.07) is 4.05. The minimum atomic E-state index is -0.448. The van der Waals surface area contributed by atoms with Crippen LogP contribution in [-0.4, -0.2) is 11.6 Å². The fraction of sp³-hybridized carbons (Fsp3) is 0.368. The lowest BCUT2D eigenvalue weighted by Crippen LogP contribution is -2.29. The maximum atomic E-state index is 12.8. The van der Waals surface area contributed by atoms with Crippen LogP contribution in [0.4, 0.5) is 0 Å². The van der Waals surface area contributed by atoms with Gasteiger partial charge in [-0.05, 0) is 58.7 Å². The Hall–Kier alpha value is -1.68. The van der Waals surface area contributed by atoms with Crippen molar-refractivity contribution < 1.29 is 14.0 Å². The molecule has 0 saturated heterocycles. The molecule has 1 aromatic heterocycles. The van der Waals surface area contributed by atoms with E-state index in [0.29, 0.717) is 27.1 Å². The van der Waals surface area contributed by atoms with Gasteiger partial charge in [-0.15, -0.1) is 0 Å². The van der Waals surface area contributed by atoms with E-state index in [2.05, 4.69) is 35.8 Å². The topological polar surface area (TPSA) is 47.3 Å². The highest BCUT2D eigenvalue weighted by Crippen LogP contribution is 2.46. The molecule has 3 nitrogen and oxygen atoms in total. The van der Waals surface area contributed by atoms with Crippen LogP contribution in [0.5, 0.6) is 0 Å². The van der Waals surface area contributed by atoms with Crippen molar-refractivity contribution in [3.63, 3.8) is 0 Å². The molecule has 1 aromatic carbocycles. The molecule has 0 unspecified atom stereocenters. The number of benzene rings is 1. The van der Waals surface area contributed by atoms with Crippen molar-refractivity contribution in [3.05, 3.63) is 44.6 Å². The number of hydrogen-bond acceptors (Lipinski definition) is 3. The van der Waals surface area contributed by atoms with Crippen molar-refractivity contribution in [2.24, 2.45) is 0 Å². The molecule has 0 amide bonds. The number of carbonyl (C=O) groups excluding carboxylic acids is 2. The van der Waals surface area contributed by atoms with E-state index in [4.69, 9.17) is 4.42 Å². The van der Waals surface area contributed by atoms with Gasteiger partial charge in [0.05, 0.1) is 5.56 Å². The van der Waals surface area contributed by atoms with Crippen molar-refractivity contribution in [2.45, 2.75) is 45.4 Å². The highest BCUT2D eigenvalue weighted by Gasteiger charge is 2.40.